The SMILES string of the molecule is CCC(C)[SH]1[C]=NCC1. The first kappa shape index (κ1) is 7.13. The molecule has 1 aliphatic rings. The molecule has 0 aliphatic carbocycles. The summed E-state index contributed by atoms with van der Waals surface area (Å²) >= 11 is 0. The van der Waals surface area contributed by atoms with Crippen molar-refractivity contribution in [2.75, 3.05) is 12.3 Å². The van der Waals surface area contributed by atoms with Gasteiger partial charge in [0.1, 0.15) is 5.55 Å². The van der Waals surface area contributed by atoms with Crippen LogP contribution in [0, 0.1) is 0 Å². The molecule has 0 spiro atoms. The molecule has 0 bridgehead atoms. The van der Waals surface area contributed by atoms with Gasteiger partial charge in [-0.15, -0.1) is 0 Å². The minimum atomic E-state index is 0.0769. The molecule has 1 rings (SSSR count). The first-order chi connectivity index (χ1) is 4.34. The van der Waals surface area contributed by atoms with Gasteiger partial charge in [-0.1, -0.05) is 13.8 Å². The minimum absolute atomic E-state index is 0.0769. The van der Waals surface area contributed by atoms with Crippen molar-refractivity contribution in [3.63, 3.8) is 0 Å². The highest BCUT2D eigenvalue weighted by Crippen LogP contribution is 2.32. The van der Waals surface area contributed by atoms with Gasteiger partial charge in [0.05, 0.1) is 0 Å². The van der Waals surface area contributed by atoms with Gasteiger partial charge in [0.25, 0.3) is 0 Å². The van der Waals surface area contributed by atoms with Crippen molar-refractivity contribution in [1.29, 1.82) is 0 Å². The molecule has 2 atom stereocenters. The second-order valence-corrected chi connectivity index (χ2v) is 4.90. The molecule has 1 nitrogen and oxygen atoms in total. The first-order valence-corrected chi connectivity index (χ1v) is 5.13. The molecule has 0 N–H and O–H groups in total. The molecule has 0 fully saturated rings. The molecule has 53 valence electrons. The molecule has 1 heterocycles. The Bertz CT molecular complexity index is 111. The third-order valence-corrected chi connectivity index (χ3v) is 4.28. The summed E-state index contributed by atoms with van der Waals surface area (Å²) in [5.74, 6) is 1.30. The van der Waals surface area contributed by atoms with Crippen LogP contribution in [-0.2, 0) is 0 Å². The fraction of sp³-hybridized carbons (Fsp3) is 0.857. The number of hydrogen-bond donors (Lipinski definition) is 1. The molecule has 0 saturated heterocycles. The second-order valence-electron chi connectivity index (χ2n) is 2.43. The number of thiol groups is 1. The Hall–Kier alpha value is 0.0200. The second kappa shape index (κ2) is 3.25. The zero-order valence-corrected chi connectivity index (χ0v) is 6.99. The van der Waals surface area contributed by atoms with Crippen molar-refractivity contribution in [1.82, 2.24) is 0 Å². The van der Waals surface area contributed by atoms with Crippen LogP contribution in [0.15, 0.2) is 4.99 Å². The van der Waals surface area contributed by atoms with Gasteiger partial charge >= 0.3 is 0 Å². The smallest absolute Gasteiger partial charge is 0.101 e. The van der Waals surface area contributed by atoms with Gasteiger partial charge in [0.15, 0.2) is 0 Å². The van der Waals surface area contributed by atoms with E-state index in [0.29, 0.717) is 0 Å². The molecule has 0 saturated carbocycles. The van der Waals surface area contributed by atoms with Gasteiger partial charge < -0.3 is 0 Å². The van der Waals surface area contributed by atoms with Crippen LogP contribution >= 0.6 is 10.9 Å². The van der Waals surface area contributed by atoms with Crippen LogP contribution in [0.3, 0.4) is 0 Å². The van der Waals surface area contributed by atoms with E-state index in [4.69, 9.17) is 0 Å². The molecular formula is C7H14NS. The van der Waals surface area contributed by atoms with E-state index in [1.165, 1.54) is 12.2 Å². The van der Waals surface area contributed by atoms with Crippen molar-refractivity contribution < 1.29 is 0 Å². The Morgan fingerprint density at radius 3 is 3.00 bits per heavy atom. The lowest BCUT2D eigenvalue weighted by Gasteiger charge is -2.16. The Kier molecular flexibility index (Phi) is 2.58. The zero-order valence-electron chi connectivity index (χ0n) is 6.09. The summed E-state index contributed by atoms with van der Waals surface area (Å²) in [6.45, 7) is 5.59. The lowest BCUT2D eigenvalue weighted by molar-refractivity contribution is 0.903. The largest absolute Gasteiger partial charge is 0.277 e. The standard InChI is InChI=1S/C7H14NS/c1-3-7(2)9-5-4-8-6-9/h7,9H,3-5H2,1-2H3. The lowest BCUT2D eigenvalue weighted by atomic mass is 10.4. The predicted octanol–water partition coefficient (Wildman–Crippen LogP) is 1.70. The summed E-state index contributed by atoms with van der Waals surface area (Å²) in [4.78, 5) is 4.11. The number of nitrogens with zero attached hydrogens (tertiary/aromatic N) is 1. The van der Waals surface area contributed by atoms with E-state index in [-0.39, 0.29) is 10.9 Å². The predicted molar refractivity (Wildman–Crippen MR) is 45.9 cm³/mol. The molecule has 0 amide bonds. The van der Waals surface area contributed by atoms with Gasteiger partial charge in [-0.3, -0.25) is 4.99 Å². The molecule has 0 aromatic rings. The topological polar surface area (TPSA) is 12.4 Å². The summed E-state index contributed by atoms with van der Waals surface area (Å²) in [6.07, 6.45) is 1.29. The Labute approximate surface area is 59.9 Å². The summed E-state index contributed by atoms with van der Waals surface area (Å²) in [5.41, 5.74) is 3.20. The van der Waals surface area contributed by atoms with Crippen molar-refractivity contribution in [3.8, 4) is 0 Å². The van der Waals surface area contributed by atoms with Gasteiger partial charge in [-0.05, 0) is 17.4 Å². The molecular weight excluding hydrogens is 130 g/mol. The fourth-order valence-electron chi connectivity index (χ4n) is 0.888. The van der Waals surface area contributed by atoms with Gasteiger partial charge in [0.2, 0.25) is 0 Å². The molecule has 2 unspecified atom stereocenters. The normalized spacial score (nSPS) is 32.9. The van der Waals surface area contributed by atoms with E-state index >= 15 is 0 Å². The monoisotopic (exact) mass is 144 g/mol. The third-order valence-electron chi connectivity index (χ3n) is 1.77. The molecule has 1 aliphatic heterocycles. The van der Waals surface area contributed by atoms with Gasteiger partial charge in [-0.25, -0.2) is 10.9 Å². The zero-order chi connectivity index (χ0) is 6.69. The van der Waals surface area contributed by atoms with Crippen LogP contribution in [0.5, 0.6) is 0 Å². The van der Waals surface area contributed by atoms with Crippen LogP contribution < -0.4 is 0 Å². The van der Waals surface area contributed by atoms with E-state index in [0.717, 1.165) is 11.8 Å². The fourth-order valence-corrected chi connectivity index (χ4v) is 2.66. The highest BCUT2D eigenvalue weighted by atomic mass is 32.2. The van der Waals surface area contributed by atoms with Crippen LogP contribution in [-0.4, -0.2) is 23.1 Å². The maximum Gasteiger partial charge on any atom is 0.101 e. The lowest BCUT2D eigenvalue weighted by Crippen LogP contribution is -2.02. The summed E-state index contributed by atoms with van der Waals surface area (Å²) in [5, 5.41) is 0.853. The Balaban J connectivity index is 2.33. The number of rotatable bonds is 2. The average Bonchev–Trinajstić information content (AvgIpc) is 2.37. The average molecular weight is 144 g/mol. The van der Waals surface area contributed by atoms with Crippen LogP contribution in [0.2, 0.25) is 0 Å². The molecule has 0 aromatic heterocycles. The summed E-state index contributed by atoms with van der Waals surface area (Å²) < 4.78 is 0. The quantitative estimate of drug-likeness (QED) is 0.566. The van der Waals surface area contributed by atoms with Crippen molar-refractivity contribution in [3.05, 3.63) is 0 Å². The van der Waals surface area contributed by atoms with E-state index in [2.05, 4.69) is 24.4 Å². The van der Waals surface area contributed by atoms with E-state index < -0.39 is 0 Å². The number of hydrogen-bond acceptors (Lipinski definition) is 1. The highest BCUT2D eigenvalue weighted by molar-refractivity contribution is 8.29. The minimum Gasteiger partial charge on any atom is -0.277 e. The highest BCUT2D eigenvalue weighted by Gasteiger charge is 2.12. The van der Waals surface area contributed by atoms with E-state index in [9.17, 15) is 0 Å². The van der Waals surface area contributed by atoms with E-state index in [1.807, 2.05) is 0 Å². The summed E-state index contributed by atoms with van der Waals surface area (Å²) in [6, 6.07) is 0. The molecule has 1 radical (unpaired) electrons. The Morgan fingerprint density at radius 1 is 1.78 bits per heavy atom. The number of aliphatic imine (C=N–C) groups is 1. The van der Waals surface area contributed by atoms with Gasteiger partial charge in [-0.2, -0.15) is 0 Å². The Morgan fingerprint density at radius 2 is 2.56 bits per heavy atom. The van der Waals surface area contributed by atoms with Crippen molar-refractivity contribution >= 4 is 16.4 Å². The molecule has 2 heteroatoms. The summed E-state index contributed by atoms with van der Waals surface area (Å²) in [7, 11) is 0.0769. The van der Waals surface area contributed by atoms with Crippen LogP contribution in [0.1, 0.15) is 20.3 Å². The third kappa shape index (κ3) is 1.71. The van der Waals surface area contributed by atoms with Gasteiger partial charge in [0, 0.05) is 6.54 Å². The molecule has 9 heavy (non-hydrogen) atoms. The maximum atomic E-state index is 4.11. The van der Waals surface area contributed by atoms with Crippen molar-refractivity contribution in [2.45, 2.75) is 25.5 Å². The van der Waals surface area contributed by atoms with Crippen molar-refractivity contribution in [2.24, 2.45) is 4.99 Å². The van der Waals surface area contributed by atoms with Crippen LogP contribution in [0.4, 0.5) is 0 Å². The van der Waals surface area contributed by atoms with Crippen LogP contribution in [0.25, 0.3) is 0 Å². The first-order valence-electron chi connectivity index (χ1n) is 3.53. The maximum absolute atomic E-state index is 4.11. The molecule has 0 aromatic carbocycles. The van der Waals surface area contributed by atoms with E-state index in [1.54, 1.807) is 0 Å².